The standard InChI is InChI=1S/2C15H14Cl3N3O3/c2*1-21(12-6-11(16)19-7-20-12)13(22)4-8-14(17)9(23-2)5-10(24-3)15(8)18/h2*5-7H,4H2,1-3H3. The van der Waals surface area contributed by atoms with Crippen LogP contribution in [-0.2, 0) is 22.4 Å². The number of amides is 2. The van der Waals surface area contributed by atoms with Crippen LogP contribution in [0.15, 0.2) is 36.9 Å². The molecule has 0 bridgehead atoms. The number of carbonyl (C=O) groups is 2. The molecule has 0 spiro atoms. The molecule has 256 valence electrons. The van der Waals surface area contributed by atoms with Crippen LogP contribution >= 0.6 is 69.6 Å². The number of benzene rings is 2. The summed E-state index contributed by atoms with van der Waals surface area (Å²) < 4.78 is 20.8. The summed E-state index contributed by atoms with van der Waals surface area (Å²) in [4.78, 5) is 43.4. The quantitative estimate of drug-likeness (QED) is 0.151. The molecule has 0 unspecified atom stereocenters. The number of likely N-dealkylation sites (N-methyl/N-ethyl adjacent to an activating group) is 2. The summed E-state index contributed by atoms with van der Waals surface area (Å²) in [7, 11) is 9.01. The van der Waals surface area contributed by atoms with Crippen LogP contribution in [-0.4, -0.2) is 74.3 Å². The van der Waals surface area contributed by atoms with E-state index in [9.17, 15) is 9.59 Å². The second-order valence-electron chi connectivity index (χ2n) is 9.43. The molecule has 2 heterocycles. The molecule has 0 aliphatic rings. The minimum atomic E-state index is -0.288. The van der Waals surface area contributed by atoms with Gasteiger partial charge in [-0.15, -0.1) is 0 Å². The maximum atomic E-state index is 12.6. The van der Waals surface area contributed by atoms with E-state index in [0.717, 1.165) is 0 Å². The molecule has 0 fully saturated rings. The van der Waals surface area contributed by atoms with E-state index in [1.807, 2.05) is 0 Å². The van der Waals surface area contributed by atoms with Gasteiger partial charge in [0.1, 0.15) is 57.6 Å². The molecule has 12 nitrogen and oxygen atoms in total. The number of anilines is 2. The van der Waals surface area contributed by atoms with Gasteiger partial charge in [0.25, 0.3) is 0 Å². The van der Waals surface area contributed by atoms with Crippen LogP contribution in [0.25, 0.3) is 0 Å². The van der Waals surface area contributed by atoms with Gasteiger partial charge >= 0.3 is 0 Å². The number of rotatable bonds is 10. The van der Waals surface area contributed by atoms with Gasteiger partial charge in [-0.05, 0) is 0 Å². The topological polar surface area (TPSA) is 129 Å². The Labute approximate surface area is 306 Å². The van der Waals surface area contributed by atoms with Crippen molar-refractivity contribution >= 4 is 93.1 Å². The average molecular weight is 781 g/mol. The Balaban J connectivity index is 0.000000260. The summed E-state index contributed by atoms with van der Waals surface area (Å²) in [6, 6.07) is 6.09. The number of hydrogen-bond donors (Lipinski definition) is 0. The molecule has 4 aromatic rings. The van der Waals surface area contributed by atoms with Crippen molar-refractivity contribution < 1.29 is 28.5 Å². The molecular formula is C30H28Cl6N6O6. The Hall–Kier alpha value is -3.52. The number of ether oxygens (including phenoxy) is 4. The van der Waals surface area contributed by atoms with Crippen molar-refractivity contribution in [2.45, 2.75) is 12.8 Å². The lowest BCUT2D eigenvalue weighted by Crippen LogP contribution is -2.29. The van der Waals surface area contributed by atoms with Crippen LogP contribution in [0.1, 0.15) is 11.1 Å². The lowest BCUT2D eigenvalue weighted by molar-refractivity contribution is -0.118. The molecule has 4 rings (SSSR count). The summed E-state index contributed by atoms with van der Waals surface area (Å²) >= 11 is 36.8. The zero-order valence-corrected chi connectivity index (χ0v) is 30.8. The van der Waals surface area contributed by atoms with Gasteiger partial charge in [-0.1, -0.05) is 69.6 Å². The van der Waals surface area contributed by atoms with Crippen LogP contribution in [0.5, 0.6) is 23.0 Å². The Bertz CT molecular complexity index is 1610. The number of methoxy groups -OCH3 is 4. The van der Waals surface area contributed by atoms with Crippen molar-refractivity contribution in [3.63, 3.8) is 0 Å². The zero-order chi connectivity index (χ0) is 35.7. The molecule has 0 atom stereocenters. The highest BCUT2D eigenvalue weighted by atomic mass is 35.5. The van der Waals surface area contributed by atoms with E-state index in [4.69, 9.17) is 88.6 Å². The Kier molecular flexibility index (Phi) is 14.4. The van der Waals surface area contributed by atoms with Crippen molar-refractivity contribution in [2.75, 3.05) is 52.3 Å². The van der Waals surface area contributed by atoms with Gasteiger partial charge in [-0.2, -0.15) is 0 Å². The predicted octanol–water partition coefficient (Wildman–Crippen LogP) is 7.32. The molecule has 18 heteroatoms. The van der Waals surface area contributed by atoms with E-state index in [1.54, 1.807) is 26.2 Å². The minimum Gasteiger partial charge on any atom is -0.495 e. The fraction of sp³-hybridized carbons (Fsp3) is 0.267. The lowest BCUT2D eigenvalue weighted by Gasteiger charge is -2.18. The smallest absolute Gasteiger partial charge is 0.232 e. The minimum absolute atomic E-state index is 0.0661. The van der Waals surface area contributed by atoms with Crippen molar-refractivity contribution in [3.05, 3.63) is 78.4 Å². The fourth-order valence-corrected chi connectivity index (χ4v) is 5.55. The van der Waals surface area contributed by atoms with Gasteiger partial charge in [0, 0.05) is 49.5 Å². The van der Waals surface area contributed by atoms with Crippen LogP contribution in [0.2, 0.25) is 30.4 Å². The lowest BCUT2D eigenvalue weighted by atomic mass is 10.1. The predicted molar refractivity (Wildman–Crippen MR) is 187 cm³/mol. The van der Waals surface area contributed by atoms with E-state index in [1.165, 1.54) is 63.0 Å². The Morgan fingerprint density at radius 2 is 0.833 bits per heavy atom. The first kappa shape index (κ1) is 38.9. The SMILES string of the molecule is COc1cc(OC)c(Cl)c(CC(=O)N(C)c2cc(Cl)ncn2)c1Cl.COc1cc(OC)c(Cl)c(CC(=O)N(C)c2cc(Cl)ncn2)c1Cl. The number of hydrogen-bond acceptors (Lipinski definition) is 10. The first-order valence-electron chi connectivity index (χ1n) is 13.4. The Morgan fingerprint density at radius 3 is 1.08 bits per heavy atom. The zero-order valence-electron chi connectivity index (χ0n) is 26.3. The molecule has 2 amide bonds. The van der Waals surface area contributed by atoms with Crippen molar-refractivity contribution in [1.29, 1.82) is 0 Å². The summed E-state index contributed by atoms with van der Waals surface area (Å²) in [5.74, 6) is 1.63. The summed E-state index contributed by atoms with van der Waals surface area (Å²) in [6.45, 7) is 0. The summed E-state index contributed by atoms with van der Waals surface area (Å²) in [6.07, 6.45) is 2.42. The number of halogens is 6. The highest BCUT2D eigenvalue weighted by Gasteiger charge is 2.23. The fourth-order valence-electron chi connectivity index (χ4n) is 3.99. The maximum absolute atomic E-state index is 12.6. The van der Waals surface area contributed by atoms with E-state index < -0.39 is 0 Å². The largest absolute Gasteiger partial charge is 0.495 e. The maximum Gasteiger partial charge on any atom is 0.232 e. The normalized spacial score (nSPS) is 10.4. The molecule has 0 saturated carbocycles. The Morgan fingerprint density at radius 1 is 0.542 bits per heavy atom. The average Bonchev–Trinajstić information content (AvgIpc) is 3.08. The molecular weight excluding hydrogens is 753 g/mol. The molecule has 0 radical (unpaired) electrons. The molecule has 48 heavy (non-hydrogen) atoms. The van der Waals surface area contributed by atoms with Crippen molar-refractivity contribution in [2.24, 2.45) is 0 Å². The van der Waals surface area contributed by atoms with E-state index in [-0.39, 0.29) is 55.1 Å². The van der Waals surface area contributed by atoms with Gasteiger partial charge in [-0.3, -0.25) is 19.4 Å². The number of carbonyl (C=O) groups excluding carboxylic acids is 2. The van der Waals surface area contributed by atoms with Crippen molar-refractivity contribution in [3.8, 4) is 23.0 Å². The van der Waals surface area contributed by atoms with Gasteiger partial charge < -0.3 is 18.9 Å². The van der Waals surface area contributed by atoms with Gasteiger partial charge in [-0.25, -0.2) is 19.9 Å². The first-order valence-corrected chi connectivity index (χ1v) is 15.7. The molecule has 0 aliphatic heterocycles. The second-order valence-corrected chi connectivity index (χ2v) is 11.7. The number of aromatic nitrogens is 4. The third-order valence-corrected chi connectivity index (χ3v) is 8.73. The van der Waals surface area contributed by atoms with E-state index in [2.05, 4.69) is 19.9 Å². The third kappa shape index (κ3) is 9.34. The molecule has 2 aromatic carbocycles. The van der Waals surface area contributed by atoms with Crippen LogP contribution in [0.3, 0.4) is 0 Å². The van der Waals surface area contributed by atoms with Crippen LogP contribution in [0, 0.1) is 0 Å². The van der Waals surface area contributed by atoms with E-state index in [0.29, 0.717) is 45.8 Å². The highest BCUT2D eigenvalue weighted by Crippen LogP contribution is 2.42. The molecule has 0 aliphatic carbocycles. The number of nitrogens with zero attached hydrogens (tertiary/aromatic N) is 6. The van der Waals surface area contributed by atoms with Gasteiger partial charge in [0.2, 0.25) is 11.8 Å². The third-order valence-electron chi connectivity index (χ3n) is 6.66. The molecule has 2 aromatic heterocycles. The summed E-state index contributed by atoms with van der Waals surface area (Å²) in [5.41, 5.74) is 0.818. The van der Waals surface area contributed by atoms with Crippen molar-refractivity contribution in [1.82, 2.24) is 19.9 Å². The monoisotopic (exact) mass is 778 g/mol. The second kappa shape index (κ2) is 17.8. The van der Waals surface area contributed by atoms with Crippen LogP contribution < -0.4 is 28.7 Å². The highest BCUT2D eigenvalue weighted by molar-refractivity contribution is 6.39. The molecule has 0 saturated heterocycles. The summed E-state index contributed by atoms with van der Waals surface area (Å²) in [5, 5.41) is 1.49. The van der Waals surface area contributed by atoms with Crippen LogP contribution in [0.4, 0.5) is 11.6 Å². The van der Waals surface area contributed by atoms with Gasteiger partial charge in [0.15, 0.2) is 0 Å². The molecule has 0 N–H and O–H groups in total. The van der Waals surface area contributed by atoms with Gasteiger partial charge in [0.05, 0.1) is 61.4 Å². The first-order chi connectivity index (χ1) is 22.8. The van der Waals surface area contributed by atoms with E-state index >= 15 is 0 Å².